The van der Waals surface area contributed by atoms with E-state index in [1.54, 1.807) is 42.5 Å². The van der Waals surface area contributed by atoms with Crippen LogP contribution in [0.5, 0.6) is 0 Å². The van der Waals surface area contributed by atoms with Gasteiger partial charge in [-0.15, -0.1) is 0 Å². The Kier molecular flexibility index (Phi) is 6.88. The van der Waals surface area contributed by atoms with Gasteiger partial charge in [-0.05, 0) is 43.2 Å². The minimum absolute atomic E-state index is 0.174. The zero-order valence-corrected chi connectivity index (χ0v) is 15.7. The summed E-state index contributed by atoms with van der Waals surface area (Å²) in [4.78, 5) is 12.3. The van der Waals surface area contributed by atoms with E-state index < -0.39 is 10.0 Å². The number of carbonyl (C=O) groups is 1. The second-order valence-corrected chi connectivity index (χ2v) is 8.13. The summed E-state index contributed by atoms with van der Waals surface area (Å²) < 4.78 is 39.0. The van der Waals surface area contributed by atoms with E-state index in [0.29, 0.717) is 6.42 Å². The number of amides is 1. The summed E-state index contributed by atoms with van der Waals surface area (Å²) in [6.07, 6.45) is 0.616. The molecule has 1 amide bonds. The van der Waals surface area contributed by atoms with E-state index in [9.17, 15) is 17.6 Å². The van der Waals surface area contributed by atoms with Crippen molar-refractivity contribution in [2.24, 2.45) is 0 Å². The maximum atomic E-state index is 12.9. The summed E-state index contributed by atoms with van der Waals surface area (Å²) in [5, 5.41) is 2.83. The molecule has 0 heterocycles. The van der Waals surface area contributed by atoms with E-state index in [1.807, 2.05) is 6.92 Å². The Hall–Kier alpha value is -2.25. The quantitative estimate of drug-likeness (QED) is 0.768. The molecule has 140 valence electrons. The molecule has 0 unspecified atom stereocenters. The lowest BCUT2D eigenvalue weighted by Crippen LogP contribution is -2.30. The normalized spacial score (nSPS) is 12.8. The number of hydrogen-bond acceptors (Lipinski definition) is 3. The van der Waals surface area contributed by atoms with Crippen LogP contribution in [0.3, 0.4) is 0 Å². The highest BCUT2D eigenvalue weighted by atomic mass is 32.2. The van der Waals surface area contributed by atoms with Crippen LogP contribution in [0.4, 0.5) is 4.39 Å². The van der Waals surface area contributed by atoms with Gasteiger partial charge in [0.2, 0.25) is 15.9 Å². The maximum Gasteiger partial charge on any atom is 0.242 e. The van der Waals surface area contributed by atoms with Gasteiger partial charge < -0.3 is 5.32 Å². The van der Waals surface area contributed by atoms with Gasteiger partial charge in [0.15, 0.2) is 0 Å². The van der Waals surface area contributed by atoms with Crippen molar-refractivity contribution in [3.8, 4) is 0 Å². The number of hydrogen-bond donors (Lipinski definition) is 1. The van der Waals surface area contributed by atoms with Crippen LogP contribution in [0.2, 0.25) is 0 Å². The highest BCUT2D eigenvalue weighted by molar-refractivity contribution is 7.89. The van der Waals surface area contributed by atoms with E-state index in [2.05, 4.69) is 5.32 Å². The van der Waals surface area contributed by atoms with Gasteiger partial charge in [-0.1, -0.05) is 30.3 Å². The number of benzene rings is 2. The highest BCUT2D eigenvalue weighted by Crippen LogP contribution is 2.15. The average molecular weight is 378 g/mol. The van der Waals surface area contributed by atoms with E-state index >= 15 is 0 Å². The highest BCUT2D eigenvalue weighted by Gasteiger charge is 2.20. The Bertz CT molecular complexity index is 824. The summed E-state index contributed by atoms with van der Waals surface area (Å²) in [6.45, 7) is 2.06. The molecule has 2 rings (SSSR count). The van der Waals surface area contributed by atoms with Gasteiger partial charge in [0, 0.05) is 20.0 Å². The summed E-state index contributed by atoms with van der Waals surface area (Å²) in [5.74, 6) is -0.498. The largest absolute Gasteiger partial charge is 0.350 e. The Morgan fingerprint density at radius 3 is 2.35 bits per heavy atom. The predicted molar refractivity (Wildman–Crippen MR) is 98.4 cm³/mol. The molecule has 0 aliphatic heterocycles. The Morgan fingerprint density at radius 1 is 1.12 bits per heavy atom. The first-order chi connectivity index (χ1) is 12.3. The van der Waals surface area contributed by atoms with Crippen LogP contribution < -0.4 is 5.32 Å². The van der Waals surface area contributed by atoms with E-state index in [0.717, 1.165) is 5.56 Å². The van der Waals surface area contributed by atoms with E-state index in [-0.39, 0.29) is 35.6 Å². The van der Waals surface area contributed by atoms with Gasteiger partial charge in [0.25, 0.3) is 0 Å². The van der Waals surface area contributed by atoms with Crippen molar-refractivity contribution in [3.63, 3.8) is 0 Å². The Morgan fingerprint density at radius 2 is 1.73 bits per heavy atom. The van der Waals surface area contributed by atoms with Gasteiger partial charge in [0.05, 0.1) is 10.9 Å². The van der Waals surface area contributed by atoms with Crippen LogP contribution >= 0.6 is 0 Å². The first kappa shape index (κ1) is 20.1. The molecule has 0 spiro atoms. The van der Waals surface area contributed by atoms with E-state index in [1.165, 1.54) is 23.5 Å². The average Bonchev–Trinajstić information content (AvgIpc) is 2.62. The third-order valence-corrected chi connectivity index (χ3v) is 5.95. The molecule has 0 aliphatic rings. The fourth-order valence-electron chi connectivity index (χ4n) is 2.50. The SMILES string of the molecule is C[C@@H](NC(=O)CCCN(C)S(=O)(=O)c1ccccc1)c1ccc(F)cc1. The van der Waals surface area contributed by atoms with Crippen molar-refractivity contribution in [1.29, 1.82) is 0 Å². The summed E-state index contributed by atoms with van der Waals surface area (Å²) >= 11 is 0. The lowest BCUT2D eigenvalue weighted by Gasteiger charge is -2.18. The number of nitrogens with zero attached hydrogens (tertiary/aromatic N) is 1. The van der Waals surface area contributed by atoms with Crippen LogP contribution in [0.1, 0.15) is 31.4 Å². The first-order valence-corrected chi connectivity index (χ1v) is 9.81. The van der Waals surface area contributed by atoms with E-state index in [4.69, 9.17) is 0 Å². The zero-order chi connectivity index (χ0) is 19.2. The molecule has 0 radical (unpaired) electrons. The van der Waals surface area contributed by atoms with Crippen LogP contribution in [0.25, 0.3) is 0 Å². The van der Waals surface area contributed by atoms with Crippen LogP contribution in [-0.2, 0) is 14.8 Å². The number of nitrogens with one attached hydrogen (secondary N) is 1. The third kappa shape index (κ3) is 5.37. The Balaban J connectivity index is 1.81. The summed E-state index contributed by atoms with van der Waals surface area (Å²) in [5.41, 5.74) is 0.809. The Labute approximate surface area is 153 Å². The number of sulfonamides is 1. The monoisotopic (exact) mass is 378 g/mol. The molecule has 1 N–H and O–H groups in total. The standard InChI is InChI=1S/C19H23FN2O3S/c1-15(16-10-12-17(20)13-11-16)21-19(23)9-6-14-22(2)26(24,25)18-7-4-3-5-8-18/h3-5,7-8,10-13,15H,6,9,14H2,1-2H3,(H,21,23)/t15-/m1/s1. The van der Waals surface area contributed by atoms with Gasteiger partial charge in [0.1, 0.15) is 5.82 Å². The third-order valence-electron chi connectivity index (χ3n) is 4.08. The van der Waals surface area contributed by atoms with Gasteiger partial charge in [-0.2, -0.15) is 0 Å². The number of rotatable bonds is 8. The van der Waals surface area contributed by atoms with Crippen molar-refractivity contribution in [2.75, 3.05) is 13.6 Å². The van der Waals surface area contributed by atoms with Gasteiger partial charge in [-0.25, -0.2) is 17.1 Å². The van der Waals surface area contributed by atoms with Crippen LogP contribution in [0, 0.1) is 5.82 Å². The number of halogens is 1. The second kappa shape index (κ2) is 8.91. The van der Waals surface area contributed by atoms with Crippen molar-refractivity contribution >= 4 is 15.9 Å². The summed E-state index contributed by atoms with van der Waals surface area (Å²) in [6, 6.07) is 13.9. The fraction of sp³-hybridized carbons (Fsp3) is 0.316. The minimum atomic E-state index is -3.54. The minimum Gasteiger partial charge on any atom is -0.350 e. The molecule has 0 aliphatic carbocycles. The molecule has 1 atom stereocenters. The summed E-state index contributed by atoms with van der Waals surface area (Å²) in [7, 11) is -2.04. The molecular weight excluding hydrogens is 355 g/mol. The van der Waals surface area contributed by atoms with Crippen molar-refractivity contribution < 1.29 is 17.6 Å². The molecule has 26 heavy (non-hydrogen) atoms. The topological polar surface area (TPSA) is 66.5 Å². The van der Waals surface area contributed by atoms with Gasteiger partial charge >= 0.3 is 0 Å². The molecule has 0 bridgehead atoms. The maximum absolute atomic E-state index is 12.9. The van der Waals surface area contributed by atoms with Crippen LogP contribution in [0.15, 0.2) is 59.5 Å². The van der Waals surface area contributed by atoms with Crippen molar-refractivity contribution in [1.82, 2.24) is 9.62 Å². The second-order valence-electron chi connectivity index (χ2n) is 6.08. The lowest BCUT2D eigenvalue weighted by atomic mass is 10.1. The molecular formula is C19H23FN2O3S. The molecule has 0 aromatic heterocycles. The molecule has 0 fully saturated rings. The molecule has 0 saturated carbocycles. The number of carbonyl (C=O) groups excluding carboxylic acids is 1. The molecule has 0 saturated heterocycles. The lowest BCUT2D eigenvalue weighted by molar-refractivity contribution is -0.121. The fourth-order valence-corrected chi connectivity index (χ4v) is 3.73. The first-order valence-electron chi connectivity index (χ1n) is 8.37. The molecule has 7 heteroatoms. The zero-order valence-electron chi connectivity index (χ0n) is 14.9. The molecule has 2 aromatic carbocycles. The van der Waals surface area contributed by atoms with Crippen LogP contribution in [-0.4, -0.2) is 32.2 Å². The predicted octanol–water partition coefficient (Wildman–Crippen LogP) is 3.10. The smallest absolute Gasteiger partial charge is 0.242 e. The van der Waals surface area contributed by atoms with Crippen molar-refractivity contribution in [3.05, 3.63) is 66.0 Å². The molecule has 5 nitrogen and oxygen atoms in total. The van der Waals surface area contributed by atoms with Crippen molar-refractivity contribution in [2.45, 2.75) is 30.7 Å². The molecule has 2 aromatic rings. The van der Waals surface area contributed by atoms with Gasteiger partial charge in [-0.3, -0.25) is 4.79 Å².